The van der Waals surface area contributed by atoms with Gasteiger partial charge in [-0.3, -0.25) is 10.1 Å². The van der Waals surface area contributed by atoms with Crippen molar-refractivity contribution in [1.29, 1.82) is 0 Å². The van der Waals surface area contributed by atoms with E-state index in [0.717, 1.165) is 0 Å². The lowest BCUT2D eigenvalue weighted by molar-refractivity contribution is -0.386. The molecule has 0 N–H and O–H groups in total. The molecule has 0 radical (unpaired) electrons. The zero-order valence-corrected chi connectivity index (χ0v) is 12.5. The van der Waals surface area contributed by atoms with Crippen molar-refractivity contribution in [2.45, 2.75) is 13.5 Å². The molecule has 0 saturated heterocycles. The fraction of sp³-hybridized carbons (Fsp3) is 0.214. The van der Waals surface area contributed by atoms with Crippen LogP contribution in [0.15, 0.2) is 30.6 Å². The van der Waals surface area contributed by atoms with E-state index < -0.39 is 4.92 Å². The summed E-state index contributed by atoms with van der Waals surface area (Å²) in [6.45, 7) is 1.91. The number of nitro benzene ring substituents is 1. The topological polar surface area (TPSA) is 105 Å². The van der Waals surface area contributed by atoms with Crippen LogP contribution in [0.4, 0.5) is 5.69 Å². The van der Waals surface area contributed by atoms with Crippen LogP contribution >= 0.6 is 0 Å². The largest absolute Gasteiger partial charge is 0.432 e. The number of nitro groups is 1. The Bertz CT molecular complexity index is 877. The number of aromatic nitrogens is 4. The third-order valence-electron chi connectivity index (χ3n) is 3.16. The van der Waals surface area contributed by atoms with Crippen LogP contribution in [0.25, 0.3) is 5.78 Å². The maximum absolute atomic E-state index is 11.3. The summed E-state index contributed by atoms with van der Waals surface area (Å²) < 4.78 is 12.2. The van der Waals surface area contributed by atoms with E-state index in [1.165, 1.54) is 16.9 Å². The SMILES string of the molecule is COCc1cc(Oc2cccc(C)c2[N+](=O)[O-])n2ncnc2n1. The lowest BCUT2D eigenvalue weighted by Crippen LogP contribution is -2.03. The second kappa shape index (κ2) is 5.97. The van der Waals surface area contributed by atoms with Gasteiger partial charge in [-0.1, -0.05) is 12.1 Å². The number of methoxy groups -OCH3 is 1. The molecule has 0 saturated carbocycles. The predicted octanol–water partition coefficient (Wildman–Crippen LogP) is 2.28. The molecule has 3 rings (SSSR count). The molecule has 23 heavy (non-hydrogen) atoms. The summed E-state index contributed by atoms with van der Waals surface area (Å²) in [5.74, 6) is 0.722. The number of fused-ring (bicyclic) bond motifs is 1. The van der Waals surface area contributed by atoms with Gasteiger partial charge in [0.05, 0.1) is 17.2 Å². The Morgan fingerprint density at radius 3 is 2.96 bits per heavy atom. The molecule has 118 valence electrons. The van der Waals surface area contributed by atoms with Crippen LogP contribution in [0, 0.1) is 17.0 Å². The minimum Gasteiger partial charge on any atom is -0.432 e. The van der Waals surface area contributed by atoms with E-state index in [4.69, 9.17) is 9.47 Å². The predicted molar refractivity (Wildman–Crippen MR) is 79.4 cm³/mol. The second-order valence-corrected chi connectivity index (χ2v) is 4.77. The molecular formula is C14H13N5O4. The maximum Gasteiger partial charge on any atom is 0.314 e. The number of ether oxygens (including phenoxy) is 2. The fourth-order valence-electron chi connectivity index (χ4n) is 2.19. The summed E-state index contributed by atoms with van der Waals surface area (Å²) in [7, 11) is 1.54. The Balaban J connectivity index is 2.10. The number of aryl methyl sites for hydroxylation is 1. The van der Waals surface area contributed by atoms with Gasteiger partial charge in [0.15, 0.2) is 0 Å². The van der Waals surface area contributed by atoms with Crippen LogP contribution in [-0.4, -0.2) is 31.6 Å². The molecule has 0 fully saturated rings. The van der Waals surface area contributed by atoms with Gasteiger partial charge >= 0.3 is 5.69 Å². The standard InChI is InChI=1S/C14H13N5O4/c1-9-4-3-5-11(13(9)19(20)21)23-12-6-10(7-22-2)17-14-15-8-16-18(12)14/h3-6,8H,7H2,1-2H3. The first-order valence-corrected chi connectivity index (χ1v) is 6.70. The summed E-state index contributed by atoms with van der Waals surface area (Å²) in [4.78, 5) is 19.1. The molecule has 9 nitrogen and oxygen atoms in total. The minimum atomic E-state index is -0.472. The molecule has 2 heterocycles. The third kappa shape index (κ3) is 2.81. The van der Waals surface area contributed by atoms with Crippen molar-refractivity contribution >= 4 is 11.5 Å². The van der Waals surface area contributed by atoms with Crippen LogP contribution in [0.5, 0.6) is 11.6 Å². The summed E-state index contributed by atoms with van der Waals surface area (Å²) >= 11 is 0. The zero-order chi connectivity index (χ0) is 16.4. The van der Waals surface area contributed by atoms with E-state index in [1.54, 1.807) is 32.2 Å². The molecule has 2 aromatic heterocycles. The van der Waals surface area contributed by atoms with Crippen molar-refractivity contribution in [3.63, 3.8) is 0 Å². The van der Waals surface area contributed by atoms with Gasteiger partial charge in [0.1, 0.15) is 6.33 Å². The van der Waals surface area contributed by atoms with E-state index >= 15 is 0 Å². The molecule has 0 bridgehead atoms. The molecule has 0 unspecified atom stereocenters. The van der Waals surface area contributed by atoms with Crippen molar-refractivity contribution in [2.75, 3.05) is 7.11 Å². The minimum absolute atomic E-state index is 0.0918. The maximum atomic E-state index is 11.3. The smallest absolute Gasteiger partial charge is 0.314 e. The van der Waals surface area contributed by atoms with E-state index in [9.17, 15) is 10.1 Å². The van der Waals surface area contributed by atoms with E-state index in [0.29, 0.717) is 17.0 Å². The normalized spacial score (nSPS) is 10.9. The Hall–Kier alpha value is -3.07. The average Bonchev–Trinajstić information content (AvgIpc) is 2.96. The lowest BCUT2D eigenvalue weighted by Gasteiger charge is -2.10. The van der Waals surface area contributed by atoms with Gasteiger partial charge in [0.2, 0.25) is 11.6 Å². The highest BCUT2D eigenvalue weighted by atomic mass is 16.6. The van der Waals surface area contributed by atoms with Crippen molar-refractivity contribution in [2.24, 2.45) is 0 Å². The van der Waals surface area contributed by atoms with E-state index in [1.807, 2.05) is 0 Å². The van der Waals surface area contributed by atoms with E-state index in [-0.39, 0.29) is 23.9 Å². The highest BCUT2D eigenvalue weighted by Gasteiger charge is 2.20. The van der Waals surface area contributed by atoms with Gasteiger partial charge in [-0.15, -0.1) is 0 Å². The van der Waals surface area contributed by atoms with Gasteiger partial charge in [0.25, 0.3) is 5.78 Å². The molecule has 0 atom stereocenters. The molecule has 0 aliphatic rings. The Labute approximate surface area is 130 Å². The number of para-hydroxylation sites is 1. The third-order valence-corrected chi connectivity index (χ3v) is 3.16. The first-order valence-electron chi connectivity index (χ1n) is 6.70. The van der Waals surface area contributed by atoms with Crippen LogP contribution < -0.4 is 4.74 Å². The molecule has 9 heteroatoms. The molecule has 0 amide bonds. The van der Waals surface area contributed by atoms with E-state index in [2.05, 4.69) is 15.1 Å². The number of hydrogen-bond acceptors (Lipinski definition) is 7. The molecule has 0 aliphatic heterocycles. The monoisotopic (exact) mass is 315 g/mol. The van der Waals surface area contributed by atoms with Crippen LogP contribution in [0.2, 0.25) is 0 Å². The van der Waals surface area contributed by atoms with Crippen molar-refractivity contribution in [3.8, 4) is 11.6 Å². The van der Waals surface area contributed by atoms with Crippen molar-refractivity contribution in [3.05, 3.63) is 52.0 Å². The quantitative estimate of drug-likeness (QED) is 0.525. The number of benzene rings is 1. The lowest BCUT2D eigenvalue weighted by atomic mass is 10.2. The molecule has 0 aliphatic carbocycles. The van der Waals surface area contributed by atoms with Crippen LogP contribution in [0.3, 0.4) is 0 Å². The van der Waals surface area contributed by atoms with Gasteiger partial charge < -0.3 is 9.47 Å². The van der Waals surface area contributed by atoms with Gasteiger partial charge in [-0.2, -0.15) is 14.6 Å². The highest BCUT2D eigenvalue weighted by molar-refractivity contribution is 5.53. The fourth-order valence-corrected chi connectivity index (χ4v) is 2.19. The number of rotatable bonds is 5. The van der Waals surface area contributed by atoms with Gasteiger partial charge in [-0.25, -0.2) is 4.98 Å². The molecular weight excluding hydrogens is 302 g/mol. The second-order valence-electron chi connectivity index (χ2n) is 4.77. The highest BCUT2D eigenvalue weighted by Crippen LogP contribution is 2.33. The Morgan fingerprint density at radius 1 is 1.39 bits per heavy atom. The van der Waals surface area contributed by atoms with Crippen LogP contribution in [0.1, 0.15) is 11.3 Å². The summed E-state index contributed by atoms with van der Waals surface area (Å²) in [6.07, 6.45) is 1.33. The number of hydrogen-bond donors (Lipinski definition) is 0. The zero-order valence-electron chi connectivity index (χ0n) is 12.5. The van der Waals surface area contributed by atoms with Gasteiger partial charge in [-0.05, 0) is 13.0 Å². The first-order chi connectivity index (χ1) is 11.1. The molecule has 1 aromatic carbocycles. The Morgan fingerprint density at radius 2 is 2.22 bits per heavy atom. The average molecular weight is 315 g/mol. The van der Waals surface area contributed by atoms with Crippen molar-refractivity contribution in [1.82, 2.24) is 19.6 Å². The Kier molecular flexibility index (Phi) is 3.85. The summed E-state index contributed by atoms with van der Waals surface area (Å²) in [5, 5.41) is 15.3. The van der Waals surface area contributed by atoms with Crippen molar-refractivity contribution < 1.29 is 14.4 Å². The summed E-state index contributed by atoms with van der Waals surface area (Å²) in [6, 6.07) is 6.48. The summed E-state index contributed by atoms with van der Waals surface area (Å²) in [5.41, 5.74) is 0.998. The molecule has 3 aromatic rings. The van der Waals surface area contributed by atoms with Crippen LogP contribution in [-0.2, 0) is 11.3 Å². The van der Waals surface area contributed by atoms with Gasteiger partial charge in [0, 0.05) is 18.7 Å². The first kappa shape index (κ1) is 14.9. The number of nitrogens with zero attached hydrogens (tertiary/aromatic N) is 5. The molecule has 0 spiro atoms.